The number of ether oxygens (including phenoxy) is 2. The van der Waals surface area contributed by atoms with Crippen molar-refractivity contribution in [1.29, 1.82) is 0 Å². The minimum absolute atomic E-state index is 0.143. The Hall–Kier alpha value is -4.48. The van der Waals surface area contributed by atoms with E-state index in [4.69, 9.17) is 14.6 Å². The minimum atomic E-state index is -4.43. The number of rotatable bonds is 8. The lowest BCUT2D eigenvalue weighted by atomic mass is 9.96. The lowest BCUT2D eigenvalue weighted by Gasteiger charge is -2.13. The van der Waals surface area contributed by atoms with Crippen molar-refractivity contribution in [2.24, 2.45) is 0 Å². The van der Waals surface area contributed by atoms with Crippen LogP contribution in [0.25, 0.3) is 5.57 Å². The fraction of sp³-hybridized carbons (Fsp3) is 0.156. The summed E-state index contributed by atoms with van der Waals surface area (Å²) in [5, 5.41) is 8.80. The van der Waals surface area contributed by atoms with Crippen LogP contribution in [0.3, 0.4) is 0 Å². The van der Waals surface area contributed by atoms with Crippen LogP contribution in [0.1, 0.15) is 37.6 Å². The molecular weight excluding hydrogens is 537 g/mol. The van der Waals surface area contributed by atoms with E-state index in [0.29, 0.717) is 28.2 Å². The lowest BCUT2D eigenvalue weighted by Crippen LogP contribution is -2.10. The maximum Gasteiger partial charge on any atom is 0.416 e. The molecule has 204 valence electrons. The number of carbonyl (C=O) groups is 1. The Morgan fingerprint density at radius 3 is 2.15 bits per heavy atom. The third-order valence-corrected chi connectivity index (χ3v) is 6.74. The van der Waals surface area contributed by atoms with E-state index in [-0.39, 0.29) is 6.61 Å². The van der Waals surface area contributed by atoms with Gasteiger partial charge < -0.3 is 14.6 Å². The topological polar surface area (TPSA) is 55.8 Å². The van der Waals surface area contributed by atoms with Crippen molar-refractivity contribution in [3.05, 3.63) is 123 Å². The molecule has 0 radical (unpaired) electrons. The number of hydrogen-bond acceptors (Lipinski definition) is 4. The number of hydrogen-bond donors (Lipinski definition) is 1. The maximum atomic E-state index is 13.1. The molecule has 0 aliphatic carbocycles. The number of carboxylic acid groups (broad SMARTS) is 1. The first-order valence-electron chi connectivity index (χ1n) is 12.2. The Balaban J connectivity index is 1.56. The Kier molecular flexibility index (Phi) is 8.97. The van der Waals surface area contributed by atoms with E-state index >= 15 is 0 Å². The molecule has 4 nitrogen and oxygen atoms in total. The number of benzene rings is 3. The largest absolute Gasteiger partial charge is 0.489 e. The third kappa shape index (κ3) is 7.78. The van der Waals surface area contributed by atoms with Crippen molar-refractivity contribution >= 4 is 22.9 Å². The van der Waals surface area contributed by atoms with Crippen LogP contribution in [0.4, 0.5) is 13.2 Å². The van der Waals surface area contributed by atoms with E-state index in [1.165, 1.54) is 17.0 Å². The highest BCUT2D eigenvalue weighted by atomic mass is 32.1. The summed E-state index contributed by atoms with van der Waals surface area (Å²) >= 11 is 1.62. The molecule has 0 bridgehead atoms. The fourth-order valence-corrected chi connectivity index (χ4v) is 4.57. The zero-order valence-electron chi connectivity index (χ0n) is 21.7. The number of alkyl halides is 3. The van der Waals surface area contributed by atoms with E-state index in [1.807, 2.05) is 49.4 Å². The summed E-state index contributed by atoms with van der Waals surface area (Å²) in [5.74, 6) is 6.20. The van der Waals surface area contributed by atoms with Gasteiger partial charge in [0.1, 0.15) is 18.1 Å². The molecule has 4 rings (SSSR count). The van der Waals surface area contributed by atoms with Gasteiger partial charge in [0.15, 0.2) is 6.61 Å². The van der Waals surface area contributed by atoms with Crippen LogP contribution in [-0.4, -0.2) is 24.3 Å². The Morgan fingerprint density at radius 1 is 0.900 bits per heavy atom. The van der Waals surface area contributed by atoms with Gasteiger partial charge in [0.05, 0.1) is 10.4 Å². The Labute approximate surface area is 234 Å². The van der Waals surface area contributed by atoms with Gasteiger partial charge in [-0.15, -0.1) is 11.3 Å². The number of halogens is 3. The molecule has 0 aliphatic heterocycles. The van der Waals surface area contributed by atoms with E-state index in [2.05, 4.69) is 11.8 Å². The Bertz CT molecular complexity index is 1570. The molecule has 4 aromatic rings. The zero-order chi connectivity index (χ0) is 28.7. The molecule has 0 atom stereocenters. The molecule has 0 amide bonds. The van der Waals surface area contributed by atoms with Crippen molar-refractivity contribution in [2.45, 2.75) is 20.0 Å². The summed E-state index contributed by atoms with van der Waals surface area (Å²) in [6, 6.07) is 21.5. The lowest BCUT2D eigenvalue weighted by molar-refractivity contribution is -0.139. The van der Waals surface area contributed by atoms with Gasteiger partial charge in [-0.1, -0.05) is 36.1 Å². The monoisotopic (exact) mass is 562 g/mol. The molecule has 40 heavy (non-hydrogen) atoms. The molecule has 3 aromatic carbocycles. The van der Waals surface area contributed by atoms with Crippen LogP contribution >= 0.6 is 11.3 Å². The van der Waals surface area contributed by atoms with Gasteiger partial charge in [0, 0.05) is 10.4 Å². The van der Waals surface area contributed by atoms with Gasteiger partial charge in [-0.2, -0.15) is 13.2 Å². The Morgan fingerprint density at radius 2 is 1.57 bits per heavy atom. The second-order valence-electron chi connectivity index (χ2n) is 8.85. The third-order valence-electron chi connectivity index (χ3n) is 5.82. The van der Waals surface area contributed by atoms with Crippen LogP contribution < -0.4 is 9.47 Å². The number of aliphatic carboxylic acids is 1. The van der Waals surface area contributed by atoms with Crippen LogP contribution in [0.15, 0.2) is 84.9 Å². The summed E-state index contributed by atoms with van der Waals surface area (Å²) in [6.07, 6.45) is -2.62. The summed E-state index contributed by atoms with van der Waals surface area (Å²) in [4.78, 5) is 12.9. The van der Waals surface area contributed by atoms with E-state index in [9.17, 15) is 18.0 Å². The SMILES string of the molecule is Cc1ccc(C#Cc2ccc(C(=CCOc3ccc(OCC(=O)O)c(C)c3)c3ccc(C(F)(F)F)cc3)cc2)s1. The van der Waals surface area contributed by atoms with Crippen LogP contribution in [0, 0.1) is 25.7 Å². The second kappa shape index (κ2) is 12.6. The molecule has 0 saturated heterocycles. The second-order valence-corrected chi connectivity index (χ2v) is 10.1. The molecule has 0 aliphatic rings. The van der Waals surface area contributed by atoms with Gasteiger partial charge in [-0.05, 0) is 96.8 Å². The van der Waals surface area contributed by atoms with Crippen LogP contribution in [-0.2, 0) is 11.0 Å². The van der Waals surface area contributed by atoms with E-state index in [1.54, 1.807) is 36.5 Å². The number of aryl methyl sites for hydroxylation is 2. The van der Waals surface area contributed by atoms with Gasteiger partial charge >= 0.3 is 12.1 Å². The summed E-state index contributed by atoms with van der Waals surface area (Å²) < 4.78 is 50.5. The van der Waals surface area contributed by atoms with Gasteiger partial charge in [-0.3, -0.25) is 0 Å². The number of carboxylic acids is 1. The highest BCUT2D eigenvalue weighted by Crippen LogP contribution is 2.32. The molecule has 0 fully saturated rings. The molecule has 0 unspecified atom stereocenters. The first kappa shape index (κ1) is 28.5. The molecular formula is C32H25F3O4S. The zero-order valence-corrected chi connectivity index (χ0v) is 22.5. The molecule has 0 spiro atoms. The summed E-state index contributed by atoms with van der Waals surface area (Å²) in [6.45, 7) is 3.50. The highest BCUT2D eigenvalue weighted by molar-refractivity contribution is 7.12. The molecule has 0 saturated carbocycles. The molecule has 1 N–H and O–H groups in total. The van der Waals surface area contributed by atoms with Crippen LogP contribution in [0.2, 0.25) is 0 Å². The predicted molar refractivity (Wildman–Crippen MR) is 150 cm³/mol. The normalized spacial score (nSPS) is 11.5. The molecule has 8 heteroatoms. The van der Waals surface area contributed by atoms with E-state index < -0.39 is 24.3 Å². The molecule has 1 heterocycles. The summed E-state index contributed by atoms with van der Waals surface area (Å²) in [5.41, 5.74) is 2.92. The maximum absolute atomic E-state index is 13.1. The minimum Gasteiger partial charge on any atom is -0.489 e. The first-order chi connectivity index (χ1) is 19.1. The quantitative estimate of drug-likeness (QED) is 0.223. The smallest absolute Gasteiger partial charge is 0.416 e. The molecule has 1 aromatic heterocycles. The predicted octanol–water partition coefficient (Wildman–Crippen LogP) is 7.76. The van der Waals surface area contributed by atoms with Crippen molar-refractivity contribution < 1.29 is 32.5 Å². The van der Waals surface area contributed by atoms with Gasteiger partial charge in [0.2, 0.25) is 0 Å². The van der Waals surface area contributed by atoms with Gasteiger partial charge in [0.25, 0.3) is 0 Å². The van der Waals surface area contributed by atoms with Crippen molar-refractivity contribution in [1.82, 2.24) is 0 Å². The highest BCUT2D eigenvalue weighted by Gasteiger charge is 2.30. The van der Waals surface area contributed by atoms with E-state index in [0.717, 1.165) is 28.1 Å². The first-order valence-corrected chi connectivity index (χ1v) is 13.0. The summed E-state index contributed by atoms with van der Waals surface area (Å²) in [7, 11) is 0. The van der Waals surface area contributed by atoms with Crippen molar-refractivity contribution in [3.63, 3.8) is 0 Å². The average molecular weight is 563 g/mol. The van der Waals surface area contributed by atoms with Crippen LogP contribution in [0.5, 0.6) is 11.5 Å². The van der Waals surface area contributed by atoms with Crippen molar-refractivity contribution in [3.8, 4) is 23.3 Å². The van der Waals surface area contributed by atoms with Crippen molar-refractivity contribution in [2.75, 3.05) is 13.2 Å². The standard InChI is InChI=1S/C32H25F3O4S/c1-21-19-27(13-16-30(21)39-20-31(36)37)38-18-17-29(25-9-11-26(12-10-25)32(33,34)35)24-7-4-23(5-8-24)6-15-28-14-3-22(2)40-28/h3-5,7-14,16-17,19H,18,20H2,1-2H3,(H,36,37). The number of thiophene rings is 1. The fourth-order valence-electron chi connectivity index (χ4n) is 3.84. The average Bonchev–Trinajstić information content (AvgIpc) is 3.34. The van der Waals surface area contributed by atoms with Gasteiger partial charge in [-0.25, -0.2) is 4.79 Å².